The molecule has 160 valence electrons. The van der Waals surface area contributed by atoms with Crippen molar-refractivity contribution in [2.45, 2.75) is 18.9 Å². The number of benzene rings is 1. The zero-order valence-corrected chi connectivity index (χ0v) is 17.5. The summed E-state index contributed by atoms with van der Waals surface area (Å²) >= 11 is 0. The van der Waals surface area contributed by atoms with Crippen LogP contribution in [-0.2, 0) is 0 Å². The van der Waals surface area contributed by atoms with E-state index in [0.29, 0.717) is 6.54 Å². The monoisotopic (exact) mass is 408 g/mol. The third-order valence-corrected chi connectivity index (χ3v) is 5.93. The molecule has 7 nitrogen and oxygen atoms in total. The number of rotatable bonds is 7. The first-order valence-electron chi connectivity index (χ1n) is 11.0. The Bertz CT molecular complexity index is 779. The van der Waals surface area contributed by atoms with Crippen LogP contribution in [0.15, 0.2) is 54.7 Å². The number of anilines is 2. The van der Waals surface area contributed by atoms with Gasteiger partial charge in [-0.15, -0.1) is 0 Å². The van der Waals surface area contributed by atoms with Crippen molar-refractivity contribution in [3.63, 3.8) is 0 Å². The fraction of sp³-hybridized carbons (Fsp3) is 0.478. The number of nitrogens with zero attached hydrogens (tertiary/aromatic N) is 4. The van der Waals surface area contributed by atoms with E-state index in [4.69, 9.17) is 0 Å². The molecule has 2 saturated heterocycles. The Morgan fingerprint density at radius 2 is 1.77 bits per heavy atom. The lowest BCUT2D eigenvalue weighted by molar-refractivity contribution is 0.233. The molecule has 2 amide bonds. The summed E-state index contributed by atoms with van der Waals surface area (Å²) < 4.78 is 0. The van der Waals surface area contributed by atoms with Gasteiger partial charge in [0.1, 0.15) is 5.82 Å². The van der Waals surface area contributed by atoms with Gasteiger partial charge in [0.2, 0.25) is 0 Å². The summed E-state index contributed by atoms with van der Waals surface area (Å²) in [7, 11) is 0. The molecule has 0 aliphatic carbocycles. The molecule has 2 aliphatic heterocycles. The highest BCUT2D eigenvalue weighted by molar-refractivity contribution is 5.74. The van der Waals surface area contributed by atoms with Crippen molar-refractivity contribution < 1.29 is 4.79 Å². The van der Waals surface area contributed by atoms with Crippen LogP contribution >= 0.6 is 0 Å². The number of aromatic nitrogens is 1. The van der Waals surface area contributed by atoms with Gasteiger partial charge in [-0.25, -0.2) is 9.78 Å². The van der Waals surface area contributed by atoms with Gasteiger partial charge in [0.05, 0.1) is 0 Å². The average Bonchev–Trinajstić information content (AvgIpc) is 3.27. The van der Waals surface area contributed by atoms with E-state index in [1.807, 2.05) is 24.4 Å². The minimum absolute atomic E-state index is 0.0585. The van der Waals surface area contributed by atoms with Crippen LogP contribution < -0.4 is 20.4 Å². The van der Waals surface area contributed by atoms with E-state index in [-0.39, 0.29) is 12.1 Å². The lowest BCUT2D eigenvalue weighted by Gasteiger charge is -2.36. The number of piperazine rings is 1. The standard InChI is InChI=1S/C23H32N6O/c30-23(26-20-10-14-29(19-20)22-9-4-5-11-24-22)25-12-6-13-27-15-17-28(18-16-27)21-7-2-1-3-8-21/h1-5,7-9,11,20H,6,10,12-19H2,(H2,25,26,30). The molecule has 0 radical (unpaired) electrons. The van der Waals surface area contributed by atoms with Crippen LogP contribution in [0.3, 0.4) is 0 Å². The second kappa shape index (κ2) is 10.3. The Hall–Kier alpha value is -2.80. The Morgan fingerprint density at radius 3 is 2.53 bits per heavy atom. The highest BCUT2D eigenvalue weighted by Crippen LogP contribution is 2.17. The third-order valence-electron chi connectivity index (χ3n) is 5.93. The van der Waals surface area contributed by atoms with Gasteiger partial charge in [-0.3, -0.25) is 4.90 Å². The highest BCUT2D eigenvalue weighted by Gasteiger charge is 2.24. The summed E-state index contributed by atoms with van der Waals surface area (Å²) in [4.78, 5) is 23.8. The minimum atomic E-state index is -0.0585. The molecule has 3 heterocycles. The molecule has 0 saturated carbocycles. The highest BCUT2D eigenvalue weighted by atomic mass is 16.2. The van der Waals surface area contributed by atoms with E-state index < -0.39 is 0 Å². The number of carbonyl (C=O) groups excluding carboxylic acids is 1. The summed E-state index contributed by atoms with van der Waals surface area (Å²) in [6.45, 7) is 7.76. The molecule has 1 aromatic heterocycles. The molecule has 30 heavy (non-hydrogen) atoms. The summed E-state index contributed by atoms with van der Waals surface area (Å²) in [6, 6.07) is 16.7. The fourth-order valence-corrected chi connectivity index (χ4v) is 4.24. The lowest BCUT2D eigenvalue weighted by atomic mass is 10.2. The third kappa shape index (κ3) is 5.63. The Balaban J connectivity index is 1.08. The molecule has 4 rings (SSSR count). The van der Waals surface area contributed by atoms with Gasteiger partial charge < -0.3 is 20.4 Å². The van der Waals surface area contributed by atoms with E-state index in [9.17, 15) is 4.79 Å². The SMILES string of the molecule is O=C(NCCCN1CCN(c2ccccc2)CC1)NC1CCN(c2ccccn2)C1. The van der Waals surface area contributed by atoms with Crippen molar-refractivity contribution in [2.75, 3.05) is 62.2 Å². The molecular formula is C23H32N6O. The normalized spacial score (nSPS) is 19.7. The van der Waals surface area contributed by atoms with E-state index in [1.165, 1.54) is 5.69 Å². The number of hydrogen-bond acceptors (Lipinski definition) is 5. The molecule has 1 unspecified atom stereocenters. The number of urea groups is 1. The van der Waals surface area contributed by atoms with Crippen LogP contribution in [0.1, 0.15) is 12.8 Å². The first-order chi connectivity index (χ1) is 14.8. The number of amides is 2. The maximum absolute atomic E-state index is 12.2. The summed E-state index contributed by atoms with van der Waals surface area (Å²) in [5.41, 5.74) is 1.31. The number of para-hydroxylation sites is 1. The zero-order chi connectivity index (χ0) is 20.6. The molecule has 0 spiro atoms. The smallest absolute Gasteiger partial charge is 0.315 e. The number of carbonyl (C=O) groups is 1. The minimum Gasteiger partial charge on any atom is -0.369 e. The maximum atomic E-state index is 12.2. The second-order valence-electron chi connectivity index (χ2n) is 8.04. The molecule has 2 N–H and O–H groups in total. The van der Waals surface area contributed by atoms with Crippen LogP contribution in [0.4, 0.5) is 16.3 Å². The van der Waals surface area contributed by atoms with Gasteiger partial charge in [0, 0.05) is 63.7 Å². The van der Waals surface area contributed by atoms with Gasteiger partial charge in [-0.05, 0) is 43.7 Å². The van der Waals surface area contributed by atoms with E-state index in [2.05, 4.69) is 60.6 Å². The Morgan fingerprint density at radius 1 is 0.967 bits per heavy atom. The van der Waals surface area contributed by atoms with Crippen LogP contribution in [0.2, 0.25) is 0 Å². The van der Waals surface area contributed by atoms with E-state index >= 15 is 0 Å². The molecule has 1 aromatic carbocycles. The quantitative estimate of drug-likeness (QED) is 0.688. The molecule has 2 aliphatic rings. The van der Waals surface area contributed by atoms with Crippen molar-refractivity contribution in [1.29, 1.82) is 0 Å². The van der Waals surface area contributed by atoms with Crippen LogP contribution in [0.5, 0.6) is 0 Å². The molecule has 7 heteroatoms. The maximum Gasteiger partial charge on any atom is 0.315 e. The molecule has 2 aromatic rings. The zero-order valence-electron chi connectivity index (χ0n) is 17.5. The molecule has 1 atom stereocenters. The van der Waals surface area contributed by atoms with Gasteiger partial charge in [0.25, 0.3) is 0 Å². The van der Waals surface area contributed by atoms with Gasteiger partial charge >= 0.3 is 6.03 Å². The van der Waals surface area contributed by atoms with Crippen molar-refractivity contribution in [1.82, 2.24) is 20.5 Å². The van der Waals surface area contributed by atoms with Crippen molar-refractivity contribution >= 4 is 17.5 Å². The van der Waals surface area contributed by atoms with Crippen LogP contribution in [-0.4, -0.2) is 74.3 Å². The Kier molecular flexibility index (Phi) is 7.03. The predicted molar refractivity (Wildman–Crippen MR) is 121 cm³/mol. The Labute approximate surface area is 179 Å². The van der Waals surface area contributed by atoms with Crippen molar-refractivity contribution in [3.05, 3.63) is 54.7 Å². The van der Waals surface area contributed by atoms with Gasteiger partial charge in [-0.1, -0.05) is 24.3 Å². The van der Waals surface area contributed by atoms with Crippen LogP contribution in [0.25, 0.3) is 0 Å². The van der Waals surface area contributed by atoms with Gasteiger partial charge in [0.15, 0.2) is 0 Å². The van der Waals surface area contributed by atoms with Gasteiger partial charge in [-0.2, -0.15) is 0 Å². The number of hydrogen-bond donors (Lipinski definition) is 2. The first kappa shape index (κ1) is 20.5. The average molecular weight is 409 g/mol. The second-order valence-corrected chi connectivity index (χ2v) is 8.04. The van der Waals surface area contributed by atoms with E-state index in [1.54, 1.807) is 0 Å². The summed E-state index contributed by atoms with van der Waals surface area (Å²) in [5, 5.41) is 6.12. The topological polar surface area (TPSA) is 63.7 Å². The summed E-state index contributed by atoms with van der Waals surface area (Å²) in [6.07, 6.45) is 3.74. The molecule has 0 bridgehead atoms. The molecular weight excluding hydrogens is 376 g/mol. The van der Waals surface area contributed by atoms with Crippen molar-refractivity contribution in [2.24, 2.45) is 0 Å². The first-order valence-corrected chi connectivity index (χ1v) is 11.0. The van der Waals surface area contributed by atoms with E-state index in [0.717, 1.165) is 64.5 Å². The summed E-state index contributed by atoms with van der Waals surface area (Å²) in [5.74, 6) is 0.981. The van der Waals surface area contributed by atoms with Crippen molar-refractivity contribution in [3.8, 4) is 0 Å². The fourth-order valence-electron chi connectivity index (χ4n) is 4.24. The lowest BCUT2D eigenvalue weighted by Crippen LogP contribution is -2.47. The predicted octanol–water partition coefficient (Wildman–Crippen LogP) is 2.17. The largest absolute Gasteiger partial charge is 0.369 e. The van der Waals surface area contributed by atoms with Crippen LogP contribution in [0, 0.1) is 0 Å². The number of nitrogens with one attached hydrogen (secondary N) is 2. The molecule has 2 fully saturated rings. The number of pyridine rings is 1.